The maximum Gasteiger partial charge on any atom is 0.335 e. The number of amides is 1. The average Bonchev–Trinajstić information content (AvgIpc) is 2.46. The van der Waals surface area contributed by atoms with Gasteiger partial charge in [0, 0.05) is 19.3 Å². The first-order valence-electron chi connectivity index (χ1n) is 6.86. The van der Waals surface area contributed by atoms with Crippen LogP contribution in [0, 0.1) is 6.92 Å². The van der Waals surface area contributed by atoms with Gasteiger partial charge in [0.1, 0.15) is 6.04 Å². The van der Waals surface area contributed by atoms with Gasteiger partial charge in [-0.15, -0.1) is 0 Å². The van der Waals surface area contributed by atoms with Crippen molar-refractivity contribution in [2.75, 3.05) is 18.5 Å². The maximum atomic E-state index is 12.0. The molecule has 2 N–H and O–H groups in total. The van der Waals surface area contributed by atoms with Crippen LogP contribution in [0.25, 0.3) is 0 Å². The molecule has 1 saturated heterocycles. The number of hydrogen-bond donors (Lipinski definition) is 2. The van der Waals surface area contributed by atoms with Crippen molar-refractivity contribution in [2.24, 2.45) is 0 Å². The molecule has 1 aliphatic rings. The minimum atomic E-state index is -0.921. The van der Waals surface area contributed by atoms with Crippen LogP contribution in [-0.4, -0.2) is 36.6 Å². The second-order valence-electron chi connectivity index (χ2n) is 5.12. The van der Waals surface area contributed by atoms with Crippen molar-refractivity contribution in [3.63, 3.8) is 0 Å². The minimum absolute atomic E-state index is 0.0182. The standard InChI is InChI=1S/C15H20N2O3/c1-10-9-11(6-7-12(10)15(19)20)17-8-4-3-5-13(17)14(18)16-2/h6-7,9,13H,3-5,8H2,1-2H3,(H,16,18)(H,19,20). The second-order valence-corrected chi connectivity index (χ2v) is 5.12. The fourth-order valence-electron chi connectivity index (χ4n) is 2.75. The van der Waals surface area contributed by atoms with Crippen LogP contribution in [0.5, 0.6) is 0 Å². The van der Waals surface area contributed by atoms with Crippen LogP contribution in [0.1, 0.15) is 35.2 Å². The number of aryl methyl sites for hydroxylation is 1. The lowest BCUT2D eigenvalue weighted by Crippen LogP contribution is -2.48. The summed E-state index contributed by atoms with van der Waals surface area (Å²) in [6.45, 7) is 2.61. The number of hydrogen-bond acceptors (Lipinski definition) is 3. The van der Waals surface area contributed by atoms with Gasteiger partial charge in [-0.05, 0) is 49.9 Å². The molecular formula is C15H20N2O3. The summed E-state index contributed by atoms with van der Waals surface area (Å²) in [4.78, 5) is 25.1. The summed E-state index contributed by atoms with van der Waals surface area (Å²) in [6, 6.07) is 5.09. The minimum Gasteiger partial charge on any atom is -0.478 e. The molecule has 0 bridgehead atoms. The monoisotopic (exact) mass is 276 g/mol. The highest BCUT2D eigenvalue weighted by Gasteiger charge is 2.28. The van der Waals surface area contributed by atoms with Crippen molar-refractivity contribution >= 4 is 17.6 Å². The van der Waals surface area contributed by atoms with Gasteiger partial charge in [-0.3, -0.25) is 4.79 Å². The first-order valence-corrected chi connectivity index (χ1v) is 6.86. The molecule has 0 spiro atoms. The van der Waals surface area contributed by atoms with Crippen LogP contribution in [0.3, 0.4) is 0 Å². The predicted molar refractivity (Wildman–Crippen MR) is 77.2 cm³/mol. The van der Waals surface area contributed by atoms with Crippen molar-refractivity contribution in [3.8, 4) is 0 Å². The van der Waals surface area contributed by atoms with Crippen molar-refractivity contribution < 1.29 is 14.7 Å². The molecule has 5 heteroatoms. The van der Waals surface area contributed by atoms with E-state index in [1.807, 2.05) is 6.07 Å². The number of carbonyl (C=O) groups is 2. The first kappa shape index (κ1) is 14.4. The fraction of sp³-hybridized carbons (Fsp3) is 0.467. The van der Waals surface area contributed by atoms with E-state index in [9.17, 15) is 9.59 Å². The molecule has 0 saturated carbocycles. The third kappa shape index (κ3) is 2.76. The molecule has 0 radical (unpaired) electrons. The molecule has 1 aromatic carbocycles. The SMILES string of the molecule is CNC(=O)C1CCCCN1c1ccc(C(=O)O)c(C)c1. The number of rotatable bonds is 3. The molecule has 2 rings (SSSR count). The Balaban J connectivity index is 2.31. The smallest absolute Gasteiger partial charge is 0.335 e. The van der Waals surface area contributed by atoms with Crippen LogP contribution in [0.2, 0.25) is 0 Å². The van der Waals surface area contributed by atoms with Gasteiger partial charge in [0.05, 0.1) is 5.56 Å². The Labute approximate surface area is 118 Å². The highest BCUT2D eigenvalue weighted by Crippen LogP contribution is 2.27. The summed E-state index contributed by atoms with van der Waals surface area (Å²) in [7, 11) is 1.65. The van der Waals surface area contributed by atoms with Gasteiger partial charge in [0.2, 0.25) is 5.91 Å². The molecule has 20 heavy (non-hydrogen) atoms. The first-order chi connectivity index (χ1) is 9.54. The zero-order chi connectivity index (χ0) is 14.7. The van der Waals surface area contributed by atoms with Crippen LogP contribution >= 0.6 is 0 Å². The van der Waals surface area contributed by atoms with E-state index in [1.165, 1.54) is 0 Å². The zero-order valence-electron chi connectivity index (χ0n) is 11.8. The molecule has 108 valence electrons. The lowest BCUT2D eigenvalue weighted by molar-refractivity contribution is -0.122. The number of carbonyl (C=O) groups excluding carboxylic acids is 1. The number of nitrogens with one attached hydrogen (secondary N) is 1. The zero-order valence-corrected chi connectivity index (χ0v) is 11.8. The summed E-state index contributed by atoms with van der Waals surface area (Å²) >= 11 is 0. The Hall–Kier alpha value is -2.04. The van der Waals surface area contributed by atoms with Gasteiger partial charge in [-0.25, -0.2) is 4.79 Å². The normalized spacial score (nSPS) is 18.7. The number of nitrogens with zero attached hydrogens (tertiary/aromatic N) is 1. The average molecular weight is 276 g/mol. The lowest BCUT2D eigenvalue weighted by Gasteiger charge is -2.36. The molecule has 1 aliphatic heterocycles. The largest absolute Gasteiger partial charge is 0.478 e. The molecule has 1 aromatic rings. The Kier molecular flexibility index (Phi) is 4.27. The Morgan fingerprint density at radius 2 is 2.10 bits per heavy atom. The Morgan fingerprint density at radius 3 is 2.70 bits per heavy atom. The van der Waals surface area contributed by atoms with Crippen LogP contribution < -0.4 is 10.2 Å². The number of likely N-dealkylation sites (N-methyl/N-ethyl adjacent to an activating group) is 1. The third-order valence-electron chi connectivity index (χ3n) is 3.82. The number of anilines is 1. The van der Waals surface area contributed by atoms with Crippen molar-refractivity contribution in [3.05, 3.63) is 29.3 Å². The van der Waals surface area contributed by atoms with E-state index >= 15 is 0 Å². The van der Waals surface area contributed by atoms with E-state index in [1.54, 1.807) is 26.1 Å². The number of benzene rings is 1. The topological polar surface area (TPSA) is 69.6 Å². The quantitative estimate of drug-likeness (QED) is 0.883. The molecule has 1 atom stereocenters. The molecule has 1 unspecified atom stereocenters. The number of piperidine rings is 1. The lowest BCUT2D eigenvalue weighted by atomic mass is 9.99. The van der Waals surface area contributed by atoms with Gasteiger partial charge in [0.25, 0.3) is 0 Å². The summed E-state index contributed by atoms with van der Waals surface area (Å²) in [6.07, 6.45) is 2.92. The van der Waals surface area contributed by atoms with Crippen LogP contribution in [0.4, 0.5) is 5.69 Å². The van der Waals surface area contributed by atoms with E-state index in [0.29, 0.717) is 5.56 Å². The van der Waals surface area contributed by atoms with E-state index in [2.05, 4.69) is 10.2 Å². The summed E-state index contributed by atoms with van der Waals surface area (Å²) < 4.78 is 0. The Morgan fingerprint density at radius 1 is 1.35 bits per heavy atom. The van der Waals surface area contributed by atoms with E-state index in [0.717, 1.165) is 37.1 Å². The third-order valence-corrected chi connectivity index (χ3v) is 3.82. The number of carboxylic acid groups (broad SMARTS) is 1. The van der Waals surface area contributed by atoms with Gasteiger partial charge < -0.3 is 15.3 Å². The van der Waals surface area contributed by atoms with E-state index in [-0.39, 0.29) is 11.9 Å². The highest BCUT2D eigenvalue weighted by molar-refractivity contribution is 5.90. The van der Waals surface area contributed by atoms with Gasteiger partial charge in [0.15, 0.2) is 0 Å². The molecule has 0 aromatic heterocycles. The van der Waals surface area contributed by atoms with E-state index in [4.69, 9.17) is 5.11 Å². The predicted octanol–water partition coefficient (Wildman–Crippen LogP) is 1.80. The van der Waals surface area contributed by atoms with Crippen molar-refractivity contribution in [2.45, 2.75) is 32.2 Å². The van der Waals surface area contributed by atoms with E-state index < -0.39 is 5.97 Å². The molecule has 1 heterocycles. The van der Waals surface area contributed by atoms with Gasteiger partial charge in [-0.2, -0.15) is 0 Å². The fourth-order valence-corrected chi connectivity index (χ4v) is 2.75. The van der Waals surface area contributed by atoms with Gasteiger partial charge >= 0.3 is 5.97 Å². The number of aromatic carboxylic acids is 1. The maximum absolute atomic E-state index is 12.0. The molecule has 1 fully saturated rings. The Bertz CT molecular complexity index is 528. The summed E-state index contributed by atoms with van der Waals surface area (Å²) in [5.41, 5.74) is 1.94. The summed E-state index contributed by atoms with van der Waals surface area (Å²) in [5, 5.41) is 11.8. The number of carboxylic acids is 1. The second kappa shape index (κ2) is 5.94. The summed E-state index contributed by atoms with van der Waals surface area (Å²) in [5.74, 6) is -0.903. The van der Waals surface area contributed by atoms with Crippen molar-refractivity contribution in [1.29, 1.82) is 0 Å². The molecular weight excluding hydrogens is 256 g/mol. The van der Waals surface area contributed by atoms with Crippen LogP contribution in [0.15, 0.2) is 18.2 Å². The molecule has 0 aliphatic carbocycles. The van der Waals surface area contributed by atoms with Crippen molar-refractivity contribution in [1.82, 2.24) is 5.32 Å². The van der Waals surface area contributed by atoms with Gasteiger partial charge in [-0.1, -0.05) is 0 Å². The molecule has 5 nitrogen and oxygen atoms in total. The highest BCUT2D eigenvalue weighted by atomic mass is 16.4. The molecule has 1 amide bonds. The van der Waals surface area contributed by atoms with Crippen LogP contribution in [-0.2, 0) is 4.79 Å².